The van der Waals surface area contributed by atoms with Gasteiger partial charge in [-0.25, -0.2) is 9.97 Å². The topological polar surface area (TPSA) is 70.8 Å². The molecule has 164 valence electrons. The first-order valence-corrected chi connectivity index (χ1v) is 10.4. The Morgan fingerprint density at radius 1 is 1.23 bits per heavy atom. The van der Waals surface area contributed by atoms with Crippen molar-refractivity contribution in [1.29, 1.82) is 0 Å². The van der Waals surface area contributed by atoms with Gasteiger partial charge in [-0.2, -0.15) is 0 Å². The van der Waals surface area contributed by atoms with Crippen LogP contribution in [0.25, 0.3) is 5.82 Å². The van der Waals surface area contributed by atoms with E-state index in [9.17, 15) is 0 Å². The van der Waals surface area contributed by atoms with E-state index in [-0.39, 0.29) is 24.0 Å². The SMILES string of the molecule is CN=C(NCc1ccc(-n2ccnc2C)nc1)N1CCN(CC2CCOC2)CC1.I. The number of pyridine rings is 1. The van der Waals surface area contributed by atoms with Gasteiger partial charge in [0.2, 0.25) is 0 Å². The van der Waals surface area contributed by atoms with Crippen molar-refractivity contribution in [2.45, 2.75) is 19.9 Å². The first-order chi connectivity index (χ1) is 14.2. The van der Waals surface area contributed by atoms with Crippen molar-refractivity contribution in [2.75, 3.05) is 53.0 Å². The molecule has 1 unspecified atom stereocenters. The number of aryl methyl sites for hydroxylation is 1. The molecule has 0 aliphatic carbocycles. The highest BCUT2D eigenvalue weighted by Gasteiger charge is 2.23. The third-order valence-corrected chi connectivity index (χ3v) is 5.76. The Labute approximate surface area is 195 Å². The van der Waals surface area contributed by atoms with Crippen LogP contribution in [0.5, 0.6) is 0 Å². The van der Waals surface area contributed by atoms with Crippen LogP contribution in [0.4, 0.5) is 0 Å². The normalized spacial score (nSPS) is 20.3. The number of hydrogen-bond donors (Lipinski definition) is 1. The van der Waals surface area contributed by atoms with E-state index in [2.05, 4.69) is 36.1 Å². The second-order valence-electron chi connectivity index (χ2n) is 7.79. The van der Waals surface area contributed by atoms with Gasteiger partial charge in [-0.3, -0.25) is 14.5 Å². The summed E-state index contributed by atoms with van der Waals surface area (Å²) in [4.78, 5) is 18.2. The number of piperazine rings is 1. The van der Waals surface area contributed by atoms with Crippen LogP contribution in [0.2, 0.25) is 0 Å². The summed E-state index contributed by atoms with van der Waals surface area (Å²) in [6.07, 6.45) is 6.84. The number of rotatable bonds is 5. The fourth-order valence-electron chi connectivity index (χ4n) is 4.03. The van der Waals surface area contributed by atoms with Crippen LogP contribution in [0.15, 0.2) is 35.7 Å². The summed E-state index contributed by atoms with van der Waals surface area (Å²) in [5.41, 5.74) is 1.13. The number of hydrogen-bond acceptors (Lipinski definition) is 5. The second-order valence-corrected chi connectivity index (χ2v) is 7.79. The van der Waals surface area contributed by atoms with Crippen molar-refractivity contribution in [3.05, 3.63) is 42.1 Å². The second kappa shape index (κ2) is 11.1. The molecule has 0 aromatic carbocycles. The number of nitrogens with one attached hydrogen (secondary N) is 1. The molecule has 2 saturated heterocycles. The summed E-state index contributed by atoms with van der Waals surface area (Å²) in [6.45, 7) is 9.87. The molecule has 2 aromatic heterocycles. The minimum Gasteiger partial charge on any atom is -0.381 e. The molecule has 0 bridgehead atoms. The third-order valence-electron chi connectivity index (χ3n) is 5.76. The van der Waals surface area contributed by atoms with Gasteiger partial charge in [-0.1, -0.05) is 6.07 Å². The van der Waals surface area contributed by atoms with E-state index in [0.717, 1.165) is 69.1 Å². The van der Waals surface area contributed by atoms with Gasteiger partial charge in [0.15, 0.2) is 5.96 Å². The molecule has 8 nitrogen and oxygen atoms in total. The number of guanidine groups is 1. The molecule has 1 atom stereocenters. The van der Waals surface area contributed by atoms with Crippen molar-refractivity contribution >= 4 is 29.9 Å². The Bertz CT molecular complexity index is 809. The quantitative estimate of drug-likeness (QED) is 0.366. The van der Waals surface area contributed by atoms with Gasteiger partial charge < -0.3 is 15.0 Å². The van der Waals surface area contributed by atoms with Crippen LogP contribution >= 0.6 is 24.0 Å². The maximum atomic E-state index is 5.51. The summed E-state index contributed by atoms with van der Waals surface area (Å²) in [6, 6.07) is 4.13. The zero-order chi connectivity index (χ0) is 20.1. The Hall–Kier alpha value is -1.72. The van der Waals surface area contributed by atoms with E-state index in [1.165, 1.54) is 6.42 Å². The molecule has 2 aliphatic rings. The molecule has 4 heterocycles. The lowest BCUT2D eigenvalue weighted by Gasteiger charge is -2.37. The van der Waals surface area contributed by atoms with Crippen molar-refractivity contribution in [1.82, 2.24) is 29.7 Å². The van der Waals surface area contributed by atoms with Crippen LogP contribution in [0, 0.1) is 12.8 Å². The minimum absolute atomic E-state index is 0. The maximum Gasteiger partial charge on any atom is 0.194 e. The first kappa shape index (κ1) is 23.0. The van der Waals surface area contributed by atoms with Gasteiger partial charge in [0.05, 0.1) is 6.61 Å². The van der Waals surface area contributed by atoms with Gasteiger partial charge in [-0.15, -0.1) is 24.0 Å². The fourth-order valence-corrected chi connectivity index (χ4v) is 4.03. The zero-order valence-electron chi connectivity index (χ0n) is 17.8. The predicted molar refractivity (Wildman–Crippen MR) is 129 cm³/mol. The molecular formula is C21H32IN7O. The number of ether oxygens (including phenoxy) is 1. The van der Waals surface area contributed by atoms with Crippen LogP contribution in [-0.4, -0.2) is 83.3 Å². The van der Waals surface area contributed by atoms with E-state index < -0.39 is 0 Å². The van der Waals surface area contributed by atoms with E-state index in [0.29, 0.717) is 12.5 Å². The largest absolute Gasteiger partial charge is 0.381 e. The van der Waals surface area contributed by atoms with Gasteiger partial charge in [0.1, 0.15) is 11.6 Å². The van der Waals surface area contributed by atoms with Gasteiger partial charge in [0.25, 0.3) is 0 Å². The highest BCUT2D eigenvalue weighted by Crippen LogP contribution is 2.15. The Morgan fingerprint density at radius 3 is 2.67 bits per heavy atom. The van der Waals surface area contributed by atoms with Gasteiger partial charge >= 0.3 is 0 Å². The zero-order valence-corrected chi connectivity index (χ0v) is 20.2. The van der Waals surface area contributed by atoms with E-state index >= 15 is 0 Å². The van der Waals surface area contributed by atoms with Crippen LogP contribution < -0.4 is 5.32 Å². The standard InChI is InChI=1S/C21H31N7O.HI/c1-17-23-6-7-28(17)20-4-3-18(13-24-20)14-25-21(22-2)27-10-8-26(9-11-27)15-19-5-12-29-16-19;/h3-4,6-7,13,19H,5,8-12,14-16H2,1-2H3,(H,22,25);1H. The summed E-state index contributed by atoms with van der Waals surface area (Å²) in [5.74, 6) is 3.49. The molecule has 1 N–H and O–H groups in total. The maximum absolute atomic E-state index is 5.51. The summed E-state index contributed by atoms with van der Waals surface area (Å²) in [7, 11) is 1.85. The molecule has 4 rings (SSSR count). The lowest BCUT2D eigenvalue weighted by Crippen LogP contribution is -2.53. The molecule has 0 saturated carbocycles. The lowest BCUT2D eigenvalue weighted by molar-refractivity contribution is 0.139. The Balaban J connectivity index is 0.00000256. The monoisotopic (exact) mass is 525 g/mol. The van der Waals surface area contributed by atoms with Gasteiger partial charge in [-0.05, 0) is 30.9 Å². The molecule has 2 aliphatic heterocycles. The van der Waals surface area contributed by atoms with Crippen molar-refractivity contribution in [3.8, 4) is 5.82 Å². The third kappa shape index (κ3) is 5.70. The first-order valence-electron chi connectivity index (χ1n) is 10.4. The average Bonchev–Trinajstić information content (AvgIpc) is 3.42. The number of imidazole rings is 1. The predicted octanol–water partition coefficient (Wildman–Crippen LogP) is 1.92. The molecule has 2 fully saturated rings. The van der Waals surface area contributed by atoms with Crippen molar-refractivity contribution in [3.63, 3.8) is 0 Å². The minimum atomic E-state index is 0. The van der Waals surface area contributed by atoms with Crippen LogP contribution in [-0.2, 0) is 11.3 Å². The summed E-state index contributed by atoms with van der Waals surface area (Å²) >= 11 is 0. The fraction of sp³-hybridized carbons (Fsp3) is 0.571. The summed E-state index contributed by atoms with van der Waals surface area (Å²) < 4.78 is 7.49. The highest BCUT2D eigenvalue weighted by atomic mass is 127. The number of halogens is 1. The van der Waals surface area contributed by atoms with E-state index in [1.54, 1.807) is 6.20 Å². The van der Waals surface area contributed by atoms with Crippen LogP contribution in [0.1, 0.15) is 17.8 Å². The Morgan fingerprint density at radius 2 is 2.07 bits per heavy atom. The molecule has 0 amide bonds. The number of aromatic nitrogens is 3. The highest BCUT2D eigenvalue weighted by molar-refractivity contribution is 14.0. The smallest absolute Gasteiger partial charge is 0.194 e. The number of nitrogens with zero attached hydrogens (tertiary/aromatic N) is 6. The van der Waals surface area contributed by atoms with E-state index in [1.807, 2.05) is 37.0 Å². The number of aliphatic imine (C=N–C) groups is 1. The Kier molecular flexibility index (Phi) is 8.46. The molecule has 0 spiro atoms. The molecule has 30 heavy (non-hydrogen) atoms. The van der Waals surface area contributed by atoms with Gasteiger partial charge in [0, 0.05) is 71.5 Å². The molecular weight excluding hydrogens is 493 g/mol. The van der Waals surface area contributed by atoms with E-state index in [4.69, 9.17) is 4.74 Å². The summed E-state index contributed by atoms with van der Waals surface area (Å²) in [5, 5.41) is 3.49. The molecule has 0 radical (unpaired) electrons. The van der Waals surface area contributed by atoms with Crippen molar-refractivity contribution < 1.29 is 4.74 Å². The molecule has 2 aromatic rings. The van der Waals surface area contributed by atoms with Crippen molar-refractivity contribution in [2.24, 2.45) is 10.9 Å². The molecule has 9 heteroatoms. The lowest BCUT2D eigenvalue weighted by atomic mass is 10.1. The van der Waals surface area contributed by atoms with Crippen LogP contribution in [0.3, 0.4) is 0 Å². The average molecular weight is 525 g/mol.